The predicted molar refractivity (Wildman–Crippen MR) is 95.7 cm³/mol. The molecule has 0 aliphatic rings. The Morgan fingerprint density at radius 3 is 2.22 bits per heavy atom. The Balaban J connectivity index is 4.44. The van der Waals surface area contributed by atoms with Crippen molar-refractivity contribution in [2.45, 2.75) is 57.6 Å². The second-order valence-corrected chi connectivity index (χ2v) is 8.94. The summed E-state index contributed by atoms with van der Waals surface area (Å²) in [6.45, 7) is 3.90. The molecule has 0 aromatic carbocycles. The Labute approximate surface area is 147 Å². The fourth-order valence-corrected chi connectivity index (χ4v) is 4.07. The van der Waals surface area contributed by atoms with Crippen molar-refractivity contribution in [3.8, 4) is 0 Å². The molecule has 0 heterocycles. The lowest BCUT2D eigenvalue weighted by molar-refractivity contribution is -0.111. The summed E-state index contributed by atoms with van der Waals surface area (Å²) in [6, 6.07) is 0. The van der Waals surface area contributed by atoms with E-state index in [2.05, 4.69) is 4.52 Å². The van der Waals surface area contributed by atoms with Gasteiger partial charge >= 0.3 is 7.82 Å². The van der Waals surface area contributed by atoms with E-state index in [1.165, 1.54) is 0 Å². The first-order valence-corrected chi connectivity index (χ1v) is 11.1. The molecule has 1 N–H and O–H groups in total. The molecule has 0 aliphatic carbocycles. The highest BCUT2D eigenvalue weighted by Gasteiger charge is 2.24. The second kappa shape index (κ2) is 13.4. The molecule has 6 nitrogen and oxygen atoms in total. The molecule has 0 aromatic heterocycles. The van der Waals surface area contributed by atoms with Crippen LogP contribution in [0.1, 0.15) is 52.4 Å². The van der Waals surface area contributed by atoms with Crippen LogP contribution in [0, 0.1) is 0 Å². The Hall–Kier alpha value is 0.150. The van der Waals surface area contributed by atoms with Gasteiger partial charge in [-0.2, -0.15) is 0 Å². The van der Waals surface area contributed by atoms with Gasteiger partial charge in [0.2, 0.25) is 0 Å². The number of carbonyl (C=O) groups is 2. The zero-order valence-electron chi connectivity index (χ0n) is 14.0. The molecule has 0 saturated heterocycles. The number of phosphoric ester groups is 1. The SMILES string of the molecule is CCCCC(=O)SC[C@H](COP(=O)(O)OC)SC(=O)CCCC. The summed E-state index contributed by atoms with van der Waals surface area (Å²) in [7, 11) is -2.99. The summed E-state index contributed by atoms with van der Waals surface area (Å²) in [5.74, 6) is 0.370. The fourth-order valence-electron chi connectivity index (χ4n) is 1.49. The van der Waals surface area contributed by atoms with Gasteiger partial charge < -0.3 is 4.89 Å². The minimum atomic E-state index is -4.08. The lowest BCUT2D eigenvalue weighted by Gasteiger charge is -2.17. The van der Waals surface area contributed by atoms with E-state index < -0.39 is 7.82 Å². The quantitative estimate of drug-likeness (QED) is 0.475. The number of unbranched alkanes of at least 4 members (excludes halogenated alkanes) is 2. The minimum Gasteiger partial charge on any atom is -0.303 e. The van der Waals surface area contributed by atoms with E-state index in [0.717, 1.165) is 56.3 Å². The van der Waals surface area contributed by atoms with Crippen molar-refractivity contribution in [3.05, 3.63) is 0 Å². The first-order chi connectivity index (χ1) is 10.8. The van der Waals surface area contributed by atoms with Crippen LogP contribution in [0.15, 0.2) is 0 Å². The van der Waals surface area contributed by atoms with Crippen LogP contribution in [-0.2, 0) is 23.2 Å². The molecule has 0 saturated carbocycles. The van der Waals surface area contributed by atoms with Crippen molar-refractivity contribution in [2.75, 3.05) is 19.5 Å². The normalized spacial score (nSPS) is 15.1. The molecule has 0 amide bonds. The molecule has 0 spiro atoms. The van der Waals surface area contributed by atoms with E-state index >= 15 is 0 Å². The number of hydrogen-bond donors (Lipinski definition) is 1. The average molecular weight is 386 g/mol. The Bertz CT molecular complexity index is 405. The van der Waals surface area contributed by atoms with Crippen LogP contribution < -0.4 is 0 Å². The highest BCUT2D eigenvalue weighted by atomic mass is 32.2. The van der Waals surface area contributed by atoms with Crippen LogP contribution in [0.25, 0.3) is 0 Å². The van der Waals surface area contributed by atoms with Crippen molar-refractivity contribution >= 4 is 41.6 Å². The summed E-state index contributed by atoms with van der Waals surface area (Å²) in [5, 5.41) is -0.282. The molecule has 0 aliphatic heterocycles. The summed E-state index contributed by atoms with van der Waals surface area (Å²) < 4.78 is 20.6. The van der Waals surface area contributed by atoms with Crippen LogP contribution in [0.5, 0.6) is 0 Å². The third-order valence-corrected chi connectivity index (χ3v) is 6.20. The van der Waals surface area contributed by atoms with Gasteiger partial charge in [-0.05, 0) is 12.8 Å². The van der Waals surface area contributed by atoms with Gasteiger partial charge in [-0.15, -0.1) is 0 Å². The Morgan fingerprint density at radius 2 is 1.70 bits per heavy atom. The summed E-state index contributed by atoms with van der Waals surface area (Å²) in [6.07, 6.45) is 4.47. The maximum atomic E-state index is 11.9. The van der Waals surface area contributed by atoms with Gasteiger partial charge in [0.25, 0.3) is 0 Å². The molecule has 9 heteroatoms. The first kappa shape index (κ1) is 23.1. The molecular formula is C14H27O6PS2. The van der Waals surface area contributed by atoms with Gasteiger partial charge in [0.05, 0.1) is 6.61 Å². The molecule has 23 heavy (non-hydrogen) atoms. The van der Waals surface area contributed by atoms with E-state index in [1.54, 1.807) is 0 Å². The van der Waals surface area contributed by atoms with Crippen molar-refractivity contribution in [1.29, 1.82) is 0 Å². The van der Waals surface area contributed by atoms with Crippen LogP contribution in [0.2, 0.25) is 0 Å². The number of phosphoric acid groups is 1. The Kier molecular flexibility index (Phi) is 13.5. The molecule has 2 atom stereocenters. The van der Waals surface area contributed by atoms with Gasteiger partial charge in [-0.1, -0.05) is 50.2 Å². The smallest absolute Gasteiger partial charge is 0.303 e. The topological polar surface area (TPSA) is 89.9 Å². The minimum absolute atomic E-state index is 0.00671. The third kappa shape index (κ3) is 13.2. The van der Waals surface area contributed by atoms with Gasteiger partial charge in [-0.3, -0.25) is 18.6 Å². The first-order valence-electron chi connectivity index (χ1n) is 7.72. The molecule has 136 valence electrons. The number of rotatable bonds is 13. The summed E-state index contributed by atoms with van der Waals surface area (Å²) in [5.41, 5.74) is 0. The monoisotopic (exact) mass is 386 g/mol. The molecule has 0 aromatic rings. The molecular weight excluding hydrogens is 359 g/mol. The van der Waals surface area contributed by atoms with E-state index in [4.69, 9.17) is 4.52 Å². The molecule has 0 bridgehead atoms. The van der Waals surface area contributed by atoms with Gasteiger partial charge in [0.1, 0.15) is 0 Å². The van der Waals surface area contributed by atoms with Crippen LogP contribution >= 0.6 is 31.3 Å². The van der Waals surface area contributed by atoms with E-state index in [1.807, 2.05) is 13.8 Å². The van der Waals surface area contributed by atoms with Crippen molar-refractivity contribution in [1.82, 2.24) is 0 Å². The van der Waals surface area contributed by atoms with Gasteiger partial charge in [-0.25, -0.2) is 4.57 Å². The van der Waals surface area contributed by atoms with Crippen molar-refractivity contribution in [3.63, 3.8) is 0 Å². The lowest BCUT2D eigenvalue weighted by atomic mass is 10.3. The Morgan fingerprint density at radius 1 is 1.13 bits per heavy atom. The predicted octanol–water partition coefficient (Wildman–Crippen LogP) is 4.02. The molecule has 1 unspecified atom stereocenters. The van der Waals surface area contributed by atoms with Gasteiger partial charge in [0.15, 0.2) is 10.2 Å². The largest absolute Gasteiger partial charge is 0.471 e. The zero-order valence-corrected chi connectivity index (χ0v) is 16.5. The second-order valence-electron chi connectivity index (χ2n) is 4.95. The van der Waals surface area contributed by atoms with Crippen LogP contribution in [-0.4, -0.2) is 39.8 Å². The molecule has 0 rings (SSSR count). The van der Waals surface area contributed by atoms with E-state index in [0.29, 0.717) is 18.6 Å². The molecule has 0 fully saturated rings. The van der Waals surface area contributed by atoms with Crippen molar-refractivity contribution in [2.24, 2.45) is 0 Å². The van der Waals surface area contributed by atoms with Crippen LogP contribution in [0.4, 0.5) is 0 Å². The maximum Gasteiger partial charge on any atom is 0.471 e. The number of carbonyl (C=O) groups excluding carboxylic acids is 2. The van der Waals surface area contributed by atoms with Crippen molar-refractivity contribution < 1.29 is 28.1 Å². The summed E-state index contributed by atoms with van der Waals surface area (Å²) >= 11 is 2.22. The van der Waals surface area contributed by atoms with Gasteiger partial charge in [0, 0.05) is 31.0 Å². The maximum absolute atomic E-state index is 11.9. The highest BCUT2D eigenvalue weighted by Crippen LogP contribution is 2.42. The molecule has 0 radical (unpaired) electrons. The summed E-state index contributed by atoms with van der Waals surface area (Å²) in [4.78, 5) is 32.9. The van der Waals surface area contributed by atoms with E-state index in [-0.39, 0.29) is 22.1 Å². The zero-order chi connectivity index (χ0) is 17.7. The van der Waals surface area contributed by atoms with E-state index in [9.17, 15) is 19.0 Å². The third-order valence-electron chi connectivity index (χ3n) is 2.85. The average Bonchev–Trinajstić information content (AvgIpc) is 2.53. The fraction of sp³-hybridized carbons (Fsp3) is 0.857. The highest BCUT2D eigenvalue weighted by molar-refractivity contribution is 8.17. The number of hydrogen-bond acceptors (Lipinski definition) is 7. The van der Waals surface area contributed by atoms with Crippen LogP contribution in [0.3, 0.4) is 0 Å². The standard InChI is InChI=1S/C14H27O6PS2/c1-4-6-8-13(15)22-11-12(10-20-21(17,18)19-3)23-14(16)9-7-5-2/h12H,4-11H2,1-3H3,(H,17,18)/t12-/m0/s1. The lowest BCUT2D eigenvalue weighted by Crippen LogP contribution is -2.18. The number of thioether (sulfide) groups is 2.